The minimum atomic E-state index is -0.479. The average molecular weight is 251 g/mol. The lowest BCUT2D eigenvalue weighted by molar-refractivity contribution is 0.385. The van der Waals surface area contributed by atoms with Gasteiger partial charge in [0.2, 0.25) is 0 Å². The van der Waals surface area contributed by atoms with Crippen molar-refractivity contribution >= 4 is 26.7 Å². The van der Waals surface area contributed by atoms with E-state index in [1.165, 1.54) is 32.1 Å². The van der Waals surface area contributed by atoms with Crippen LogP contribution in [0.3, 0.4) is 0 Å². The molecule has 2 rings (SSSR count). The normalized spacial score (nSPS) is 47.4. The standard InChI is InChI=1S/C9H15BrOS/c10-6-7-4-8-2-1-3-9(5-7)12(8)11/h7-9H,1-6H2. The number of rotatable bonds is 1. The van der Waals surface area contributed by atoms with Crippen LogP contribution in [0.5, 0.6) is 0 Å². The minimum absolute atomic E-state index is 0.479. The molecule has 2 bridgehead atoms. The van der Waals surface area contributed by atoms with Crippen LogP contribution in [-0.2, 0) is 10.8 Å². The molecule has 2 atom stereocenters. The number of fused-ring (bicyclic) bond motifs is 2. The average Bonchev–Trinajstić information content (AvgIpc) is 2.04. The van der Waals surface area contributed by atoms with E-state index in [1.54, 1.807) is 0 Å². The molecule has 2 unspecified atom stereocenters. The lowest BCUT2D eigenvalue weighted by atomic mass is 9.91. The molecule has 12 heavy (non-hydrogen) atoms. The third-order valence-corrected chi connectivity index (χ3v) is 6.21. The lowest BCUT2D eigenvalue weighted by Crippen LogP contribution is -2.39. The Morgan fingerprint density at radius 2 is 1.83 bits per heavy atom. The van der Waals surface area contributed by atoms with Crippen LogP contribution < -0.4 is 0 Å². The largest absolute Gasteiger partial charge is 0.259 e. The van der Waals surface area contributed by atoms with Crippen LogP contribution in [0.4, 0.5) is 0 Å². The van der Waals surface area contributed by atoms with Crippen molar-refractivity contribution in [2.75, 3.05) is 5.33 Å². The summed E-state index contributed by atoms with van der Waals surface area (Å²) in [4.78, 5) is 0. The molecule has 0 spiro atoms. The van der Waals surface area contributed by atoms with Crippen LogP contribution in [0.25, 0.3) is 0 Å². The Kier molecular flexibility index (Phi) is 2.90. The molecule has 0 aromatic rings. The van der Waals surface area contributed by atoms with Crippen molar-refractivity contribution in [2.45, 2.75) is 42.6 Å². The van der Waals surface area contributed by atoms with Crippen molar-refractivity contribution in [3.05, 3.63) is 0 Å². The maximum atomic E-state index is 11.8. The Hall–Kier alpha value is 0.630. The molecule has 0 aliphatic carbocycles. The van der Waals surface area contributed by atoms with Gasteiger partial charge in [-0.05, 0) is 31.6 Å². The zero-order chi connectivity index (χ0) is 8.55. The molecule has 3 heteroatoms. The topological polar surface area (TPSA) is 17.1 Å². The van der Waals surface area contributed by atoms with Crippen LogP contribution in [0.1, 0.15) is 32.1 Å². The first kappa shape index (κ1) is 9.20. The van der Waals surface area contributed by atoms with E-state index < -0.39 is 10.8 Å². The van der Waals surface area contributed by atoms with Gasteiger partial charge in [-0.2, -0.15) is 0 Å². The first-order chi connectivity index (χ1) is 5.81. The Morgan fingerprint density at radius 3 is 2.33 bits per heavy atom. The fourth-order valence-electron chi connectivity index (χ4n) is 2.47. The maximum absolute atomic E-state index is 11.8. The van der Waals surface area contributed by atoms with Gasteiger partial charge in [0, 0.05) is 26.6 Å². The second kappa shape index (κ2) is 3.79. The van der Waals surface area contributed by atoms with Crippen LogP contribution in [0.2, 0.25) is 0 Å². The third-order valence-electron chi connectivity index (χ3n) is 3.12. The highest BCUT2D eigenvalue weighted by atomic mass is 79.9. The predicted molar refractivity (Wildman–Crippen MR) is 56.1 cm³/mol. The van der Waals surface area contributed by atoms with E-state index in [9.17, 15) is 4.21 Å². The summed E-state index contributed by atoms with van der Waals surface area (Å²) in [6.07, 6.45) is 6.15. The van der Waals surface area contributed by atoms with Gasteiger partial charge in [0.05, 0.1) is 0 Å². The number of hydrogen-bond acceptors (Lipinski definition) is 1. The number of halogens is 1. The van der Waals surface area contributed by atoms with E-state index in [4.69, 9.17) is 0 Å². The van der Waals surface area contributed by atoms with Crippen LogP contribution in [-0.4, -0.2) is 20.0 Å². The first-order valence-corrected chi connectivity index (χ1v) is 7.16. The summed E-state index contributed by atoms with van der Waals surface area (Å²) in [7, 11) is -0.479. The van der Waals surface area contributed by atoms with Gasteiger partial charge < -0.3 is 0 Å². The van der Waals surface area contributed by atoms with Gasteiger partial charge >= 0.3 is 0 Å². The monoisotopic (exact) mass is 250 g/mol. The van der Waals surface area contributed by atoms with Gasteiger partial charge in [-0.3, -0.25) is 4.21 Å². The summed E-state index contributed by atoms with van der Waals surface area (Å²) in [6.45, 7) is 0. The highest BCUT2D eigenvalue weighted by Gasteiger charge is 2.37. The van der Waals surface area contributed by atoms with E-state index in [2.05, 4.69) is 15.9 Å². The van der Waals surface area contributed by atoms with Gasteiger partial charge in [0.15, 0.2) is 0 Å². The maximum Gasteiger partial charge on any atom is 0.0353 e. The van der Waals surface area contributed by atoms with Crippen molar-refractivity contribution in [2.24, 2.45) is 5.92 Å². The van der Waals surface area contributed by atoms with Crippen molar-refractivity contribution in [3.63, 3.8) is 0 Å². The van der Waals surface area contributed by atoms with Gasteiger partial charge in [0.1, 0.15) is 0 Å². The second-order valence-corrected chi connectivity index (χ2v) is 6.63. The minimum Gasteiger partial charge on any atom is -0.259 e. The highest BCUT2D eigenvalue weighted by molar-refractivity contribution is 9.09. The zero-order valence-corrected chi connectivity index (χ0v) is 9.57. The Bertz CT molecular complexity index is 179. The summed E-state index contributed by atoms with van der Waals surface area (Å²) < 4.78 is 11.8. The number of hydrogen-bond donors (Lipinski definition) is 0. The third kappa shape index (κ3) is 1.63. The quantitative estimate of drug-likeness (QED) is 0.654. The zero-order valence-electron chi connectivity index (χ0n) is 7.17. The Balaban J connectivity index is 2.07. The summed E-state index contributed by atoms with van der Waals surface area (Å²) >= 11 is 3.54. The van der Waals surface area contributed by atoms with E-state index in [-0.39, 0.29) is 0 Å². The molecule has 2 fully saturated rings. The molecule has 0 radical (unpaired) electrons. The molecule has 1 nitrogen and oxygen atoms in total. The molecule has 0 saturated carbocycles. The summed E-state index contributed by atoms with van der Waals surface area (Å²) in [5.74, 6) is 0.804. The molecule has 2 saturated heterocycles. The summed E-state index contributed by atoms with van der Waals surface area (Å²) in [6, 6.07) is 0. The molecule has 2 aliphatic heterocycles. The van der Waals surface area contributed by atoms with Crippen LogP contribution in [0.15, 0.2) is 0 Å². The van der Waals surface area contributed by atoms with Gasteiger partial charge in [-0.15, -0.1) is 0 Å². The molecular formula is C9H15BrOS. The smallest absolute Gasteiger partial charge is 0.0353 e. The fraction of sp³-hybridized carbons (Fsp3) is 1.00. The Labute approximate surface area is 84.9 Å². The van der Waals surface area contributed by atoms with Crippen molar-refractivity contribution in [3.8, 4) is 0 Å². The Morgan fingerprint density at radius 1 is 1.25 bits per heavy atom. The van der Waals surface area contributed by atoms with Crippen molar-refractivity contribution in [1.29, 1.82) is 0 Å². The van der Waals surface area contributed by atoms with Crippen LogP contribution >= 0.6 is 15.9 Å². The summed E-state index contributed by atoms with van der Waals surface area (Å²) in [5, 5.41) is 2.19. The molecule has 2 heterocycles. The molecule has 70 valence electrons. The molecule has 0 N–H and O–H groups in total. The van der Waals surface area contributed by atoms with E-state index in [1.807, 2.05) is 0 Å². The van der Waals surface area contributed by atoms with E-state index in [0.717, 1.165) is 11.2 Å². The predicted octanol–water partition coefficient (Wildman–Crippen LogP) is 2.46. The van der Waals surface area contributed by atoms with Crippen molar-refractivity contribution in [1.82, 2.24) is 0 Å². The van der Waals surface area contributed by atoms with Crippen LogP contribution in [0, 0.1) is 5.92 Å². The highest BCUT2D eigenvalue weighted by Crippen LogP contribution is 2.37. The molecule has 0 amide bonds. The van der Waals surface area contributed by atoms with E-state index in [0.29, 0.717) is 10.5 Å². The van der Waals surface area contributed by atoms with Gasteiger partial charge in [-0.1, -0.05) is 22.4 Å². The molecule has 0 aromatic heterocycles. The SMILES string of the molecule is O=S1C2CCCC1CC(CBr)C2. The fourth-order valence-corrected chi connectivity index (χ4v) is 5.26. The molecular weight excluding hydrogens is 236 g/mol. The molecule has 2 aliphatic rings. The second-order valence-electron chi connectivity index (χ2n) is 4.00. The number of alkyl halides is 1. The first-order valence-electron chi connectivity index (χ1n) is 4.76. The summed E-state index contributed by atoms with van der Waals surface area (Å²) in [5.41, 5.74) is 0. The van der Waals surface area contributed by atoms with E-state index >= 15 is 0 Å². The van der Waals surface area contributed by atoms with Gasteiger partial charge in [0.25, 0.3) is 0 Å². The lowest BCUT2D eigenvalue weighted by Gasteiger charge is -2.37. The van der Waals surface area contributed by atoms with Gasteiger partial charge in [-0.25, -0.2) is 0 Å². The molecule has 0 aromatic carbocycles. The van der Waals surface area contributed by atoms with Crippen molar-refractivity contribution < 1.29 is 4.21 Å².